The molecule has 1 unspecified atom stereocenters. The highest BCUT2D eigenvalue weighted by Crippen LogP contribution is 2.36. The van der Waals surface area contributed by atoms with Crippen LogP contribution in [0.4, 0.5) is 0 Å². The lowest BCUT2D eigenvalue weighted by Crippen LogP contribution is -2.41. The van der Waals surface area contributed by atoms with Crippen LogP contribution >= 0.6 is 0 Å². The van der Waals surface area contributed by atoms with Crippen LogP contribution in [0, 0.1) is 10.8 Å². The molecule has 0 spiro atoms. The van der Waals surface area contributed by atoms with Gasteiger partial charge in [0.15, 0.2) is 0 Å². The first kappa shape index (κ1) is 15.4. The molecule has 0 aromatic heterocycles. The maximum atomic E-state index is 11.0. The number of aliphatic hydroxyl groups excluding tert-OH is 2. The second kappa shape index (κ2) is 5.64. The number of carboxylic acid groups (broad SMARTS) is 1. The van der Waals surface area contributed by atoms with Gasteiger partial charge in [0.1, 0.15) is 0 Å². The predicted molar refractivity (Wildman–Crippen MR) is 62.1 cm³/mol. The molecule has 1 atom stereocenters. The van der Waals surface area contributed by atoms with Crippen LogP contribution in [0.15, 0.2) is 0 Å². The van der Waals surface area contributed by atoms with Crippen LogP contribution in [0.5, 0.6) is 0 Å². The summed E-state index contributed by atoms with van der Waals surface area (Å²) in [4.78, 5) is 11.0. The second-order valence-corrected chi connectivity index (χ2v) is 5.11. The lowest BCUT2D eigenvalue weighted by Gasteiger charge is -2.36. The molecule has 16 heavy (non-hydrogen) atoms. The first-order valence-corrected chi connectivity index (χ1v) is 5.78. The number of aliphatic hydroxyl groups is 2. The van der Waals surface area contributed by atoms with E-state index in [1.54, 1.807) is 0 Å². The van der Waals surface area contributed by atoms with Crippen LogP contribution in [-0.2, 0) is 4.79 Å². The fourth-order valence-corrected chi connectivity index (χ4v) is 1.63. The zero-order valence-electron chi connectivity index (χ0n) is 10.7. The Kier molecular flexibility index (Phi) is 5.42. The minimum Gasteiger partial charge on any atom is -0.481 e. The van der Waals surface area contributed by atoms with E-state index in [4.69, 9.17) is 5.11 Å². The predicted octanol–water partition coefficient (Wildman–Crippen LogP) is 1.65. The van der Waals surface area contributed by atoms with Crippen molar-refractivity contribution in [1.29, 1.82) is 0 Å². The van der Waals surface area contributed by atoms with E-state index in [1.807, 2.05) is 13.8 Å². The number of aliphatic carboxylic acids is 1. The van der Waals surface area contributed by atoms with E-state index in [-0.39, 0.29) is 12.0 Å². The molecule has 0 saturated heterocycles. The molecule has 0 aliphatic heterocycles. The summed E-state index contributed by atoms with van der Waals surface area (Å²) in [5.41, 5.74) is -1.54. The average molecular weight is 232 g/mol. The Hall–Kier alpha value is -0.610. The van der Waals surface area contributed by atoms with E-state index in [2.05, 4.69) is 0 Å². The van der Waals surface area contributed by atoms with Crippen molar-refractivity contribution >= 4 is 5.97 Å². The molecule has 96 valence electrons. The van der Waals surface area contributed by atoms with Crippen molar-refractivity contribution in [2.75, 3.05) is 6.61 Å². The summed E-state index contributed by atoms with van der Waals surface area (Å²) in [6.45, 7) is 6.88. The molecular weight excluding hydrogens is 208 g/mol. The Morgan fingerprint density at radius 3 is 1.94 bits per heavy atom. The van der Waals surface area contributed by atoms with Crippen molar-refractivity contribution in [2.24, 2.45) is 10.8 Å². The van der Waals surface area contributed by atoms with Gasteiger partial charge in [0, 0.05) is 6.61 Å². The number of hydrogen-bond donors (Lipinski definition) is 3. The molecule has 0 bridgehead atoms. The fourth-order valence-electron chi connectivity index (χ4n) is 1.63. The van der Waals surface area contributed by atoms with E-state index in [9.17, 15) is 15.0 Å². The third-order valence-corrected chi connectivity index (χ3v) is 3.85. The normalized spacial score (nSPS) is 14.9. The number of rotatable bonds is 7. The van der Waals surface area contributed by atoms with E-state index in [0.717, 1.165) is 12.8 Å². The molecule has 0 aliphatic carbocycles. The van der Waals surface area contributed by atoms with E-state index >= 15 is 0 Å². The highest BCUT2D eigenvalue weighted by Gasteiger charge is 2.40. The highest BCUT2D eigenvalue weighted by molar-refractivity contribution is 5.74. The first-order valence-electron chi connectivity index (χ1n) is 5.78. The van der Waals surface area contributed by atoms with Crippen LogP contribution in [0.3, 0.4) is 0 Å². The molecular formula is C12H24O4. The maximum absolute atomic E-state index is 11.0. The Morgan fingerprint density at radius 2 is 1.69 bits per heavy atom. The summed E-state index contributed by atoms with van der Waals surface area (Å²) < 4.78 is 0. The Morgan fingerprint density at radius 1 is 1.25 bits per heavy atom. The third kappa shape index (κ3) is 3.19. The van der Waals surface area contributed by atoms with Crippen LogP contribution in [0.25, 0.3) is 0 Å². The lowest BCUT2D eigenvalue weighted by atomic mass is 9.72. The smallest absolute Gasteiger partial charge is 0.311 e. The van der Waals surface area contributed by atoms with Gasteiger partial charge < -0.3 is 15.3 Å². The number of hydrogen-bond acceptors (Lipinski definition) is 3. The molecule has 0 aromatic rings. The molecule has 0 heterocycles. The number of carboxylic acids is 1. The summed E-state index contributed by atoms with van der Waals surface area (Å²) in [7, 11) is 0. The van der Waals surface area contributed by atoms with Gasteiger partial charge in [-0.1, -0.05) is 13.8 Å². The number of carbonyl (C=O) groups is 1. The second-order valence-electron chi connectivity index (χ2n) is 5.11. The Labute approximate surface area is 97.3 Å². The SMILES string of the molecule is CCC(CC)(CO)CC(O)C(C)(C)C(=O)O. The van der Waals surface area contributed by atoms with E-state index in [1.165, 1.54) is 13.8 Å². The van der Waals surface area contributed by atoms with Crippen LogP contribution < -0.4 is 0 Å². The summed E-state index contributed by atoms with van der Waals surface area (Å²) in [6, 6.07) is 0. The van der Waals surface area contributed by atoms with Crippen molar-refractivity contribution in [2.45, 2.75) is 53.1 Å². The van der Waals surface area contributed by atoms with Gasteiger partial charge in [-0.15, -0.1) is 0 Å². The zero-order valence-corrected chi connectivity index (χ0v) is 10.7. The maximum Gasteiger partial charge on any atom is 0.311 e. The van der Waals surface area contributed by atoms with Crippen molar-refractivity contribution in [1.82, 2.24) is 0 Å². The fraction of sp³-hybridized carbons (Fsp3) is 0.917. The quantitative estimate of drug-likeness (QED) is 0.623. The standard InChI is InChI=1S/C12H24O4/c1-5-12(6-2,8-13)7-9(14)11(3,4)10(15)16/h9,13-14H,5-8H2,1-4H3,(H,15,16). The van der Waals surface area contributed by atoms with Gasteiger partial charge in [0.25, 0.3) is 0 Å². The van der Waals surface area contributed by atoms with Gasteiger partial charge in [-0.3, -0.25) is 4.79 Å². The van der Waals surface area contributed by atoms with Gasteiger partial charge in [-0.2, -0.15) is 0 Å². The zero-order chi connectivity index (χ0) is 13.0. The average Bonchev–Trinajstić information content (AvgIpc) is 2.25. The summed E-state index contributed by atoms with van der Waals surface area (Å²) >= 11 is 0. The molecule has 0 radical (unpaired) electrons. The van der Waals surface area contributed by atoms with Gasteiger partial charge in [-0.05, 0) is 38.5 Å². The molecule has 0 rings (SSSR count). The monoisotopic (exact) mass is 232 g/mol. The summed E-state index contributed by atoms with van der Waals surface area (Å²) in [5, 5.41) is 28.4. The van der Waals surface area contributed by atoms with Crippen molar-refractivity contribution in [3.8, 4) is 0 Å². The molecule has 0 saturated carbocycles. The van der Waals surface area contributed by atoms with E-state index in [0.29, 0.717) is 6.42 Å². The van der Waals surface area contributed by atoms with Crippen molar-refractivity contribution in [3.05, 3.63) is 0 Å². The van der Waals surface area contributed by atoms with Crippen LogP contribution in [-0.4, -0.2) is 34.0 Å². The highest BCUT2D eigenvalue weighted by atomic mass is 16.4. The van der Waals surface area contributed by atoms with Crippen LogP contribution in [0.1, 0.15) is 47.0 Å². The molecule has 4 heteroatoms. The van der Waals surface area contributed by atoms with Crippen molar-refractivity contribution in [3.63, 3.8) is 0 Å². The van der Waals surface area contributed by atoms with Crippen molar-refractivity contribution < 1.29 is 20.1 Å². The molecule has 0 aliphatic rings. The van der Waals surface area contributed by atoms with Gasteiger partial charge >= 0.3 is 5.97 Å². The third-order valence-electron chi connectivity index (χ3n) is 3.85. The minimum absolute atomic E-state index is 0.0211. The topological polar surface area (TPSA) is 77.8 Å². The molecule has 4 nitrogen and oxygen atoms in total. The largest absolute Gasteiger partial charge is 0.481 e. The van der Waals surface area contributed by atoms with E-state index < -0.39 is 17.5 Å². The summed E-state index contributed by atoms with van der Waals surface area (Å²) in [6.07, 6.45) is 0.826. The summed E-state index contributed by atoms with van der Waals surface area (Å²) in [5.74, 6) is -1.01. The van der Waals surface area contributed by atoms with Crippen LogP contribution in [0.2, 0.25) is 0 Å². The van der Waals surface area contributed by atoms with Gasteiger partial charge in [-0.25, -0.2) is 0 Å². The molecule has 0 amide bonds. The van der Waals surface area contributed by atoms with Gasteiger partial charge in [0.05, 0.1) is 11.5 Å². The lowest BCUT2D eigenvalue weighted by molar-refractivity contribution is -0.155. The molecule has 0 aromatic carbocycles. The Bertz CT molecular complexity index is 223. The minimum atomic E-state index is -1.18. The van der Waals surface area contributed by atoms with Gasteiger partial charge in [0.2, 0.25) is 0 Å². The first-order chi connectivity index (χ1) is 7.25. The molecule has 3 N–H and O–H groups in total. The molecule has 0 fully saturated rings. The Balaban J connectivity index is 4.76.